The van der Waals surface area contributed by atoms with E-state index in [4.69, 9.17) is 16.3 Å². The fourth-order valence-electron chi connectivity index (χ4n) is 3.01. The maximum atomic E-state index is 12.8. The molecule has 30 heavy (non-hydrogen) atoms. The van der Waals surface area contributed by atoms with Crippen LogP contribution in [0.3, 0.4) is 0 Å². The summed E-state index contributed by atoms with van der Waals surface area (Å²) in [4.78, 5) is 30.5. The number of amides is 1. The molecule has 2 heterocycles. The Morgan fingerprint density at radius 1 is 1.20 bits per heavy atom. The topological polar surface area (TPSA) is 73.2 Å². The highest BCUT2D eigenvalue weighted by Crippen LogP contribution is 2.31. The fraction of sp³-hybridized carbons (Fsp3) is 0.136. The largest absolute Gasteiger partial charge is 0.497 e. The van der Waals surface area contributed by atoms with E-state index < -0.39 is 0 Å². The summed E-state index contributed by atoms with van der Waals surface area (Å²) < 4.78 is 7.02. The van der Waals surface area contributed by atoms with Crippen molar-refractivity contribution in [3.05, 3.63) is 81.9 Å². The van der Waals surface area contributed by atoms with Gasteiger partial charge in [-0.1, -0.05) is 35.9 Å². The van der Waals surface area contributed by atoms with Gasteiger partial charge in [-0.25, -0.2) is 4.98 Å². The van der Waals surface area contributed by atoms with Crippen LogP contribution in [0.4, 0.5) is 0 Å². The van der Waals surface area contributed by atoms with E-state index in [2.05, 4.69) is 10.3 Å². The number of nitrogens with one attached hydrogen (secondary N) is 1. The summed E-state index contributed by atoms with van der Waals surface area (Å²) in [5, 5.41) is 3.47. The lowest BCUT2D eigenvalue weighted by atomic mass is 10.2. The summed E-state index contributed by atoms with van der Waals surface area (Å²) in [6.07, 6.45) is 1.41. The molecule has 0 saturated heterocycles. The summed E-state index contributed by atoms with van der Waals surface area (Å²) in [6, 6.07) is 16.7. The third-order valence-corrected chi connectivity index (χ3v) is 5.98. The van der Waals surface area contributed by atoms with Gasteiger partial charge in [-0.05, 0) is 41.5 Å². The lowest BCUT2D eigenvalue weighted by Crippen LogP contribution is -2.31. The molecule has 0 aliphatic carbocycles. The zero-order chi connectivity index (χ0) is 21.1. The minimum Gasteiger partial charge on any atom is -0.497 e. The first-order valence-electron chi connectivity index (χ1n) is 9.18. The maximum Gasteiger partial charge on any atom is 0.271 e. The SMILES string of the molecule is COc1cccc(CNC(=O)Cn2cnc3cc(-c4ccc(Cl)cc4)sc3c2=O)c1. The first-order valence-corrected chi connectivity index (χ1v) is 10.4. The van der Waals surface area contributed by atoms with Gasteiger partial charge in [-0.15, -0.1) is 11.3 Å². The van der Waals surface area contributed by atoms with Crippen LogP contribution in [0.1, 0.15) is 5.56 Å². The number of benzene rings is 2. The Morgan fingerprint density at radius 3 is 2.77 bits per heavy atom. The molecule has 0 spiro atoms. The minimum atomic E-state index is -0.268. The summed E-state index contributed by atoms with van der Waals surface area (Å²) in [6.45, 7) is 0.250. The molecule has 0 aliphatic rings. The van der Waals surface area contributed by atoms with Crippen LogP contribution in [0.2, 0.25) is 5.02 Å². The molecule has 0 saturated carbocycles. The van der Waals surface area contributed by atoms with Gasteiger partial charge < -0.3 is 10.1 Å². The van der Waals surface area contributed by atoms with Gasteiger partial charge >= 0.3 is 0 Å². The summed E-state index contributed by atoms with van der Waals surface area (Å²) >= 11 is 7.30. The molecule has 152 valence electrons. The molecule has 1 amide bonds. The van der Waals surface area contributed by atoms with E-state index in [0.29, 0.717) is 21.8 Å². The molecule has 4 aromatic rings. The molecule has 0 radical (unpaired) electrons. The molecule has 8 heteroatoms. The van der Waals surface area contributed by atoms with Crippen molar-refractivity contribution in [1.29, 1.82) is 0 Å². The number of rotatable bonds is 6. The Labute approximate surface area is 181 Å². The molecular formula is C22H18ClN3O3S. The fourth-order valence-corrected chi connectivity index (χ4v) is 4.20. The lowest BCUT2D eigenvalue weighted by molar-refractivity contribution is -0.121. The maximum absolute atomic E-state index is 12.8. The molecular weight excluding hydrogens is 422 g/mol. The van der Waals surface area contributed by atoms with Gasteiger partial charge in [0.15, 0.2) is 0 Å². The van der Waals surface area contributed by atoms with Gasteiger partial charge in [-0.3, -0.25) is 14.2 Å². The van der Waals surface area contributed by atoms with E-state index in [1.54, 1.807) is 19.2 Å². The number of hydrogen-bond donors (Lipinski definition) is 1. The van der Waals surface area contributed by atoms with Gasteiger partial charge in [0.1, 0.15) is 17.0 Å². The van der Waals surface area contributed by atoms with Crippen molar-refractivity contribution in [3.63, 3.8) is 0 Å². The Kier molecular flexibility index (Phi) is 5.83. The van der Waals surface area contributed by atoms with Gasteiger partial charge in [-0.2, -0.15) is 0 Å². The number of ether oxygens (including phenoxy) is 1. The number of aromatic nitrogens is 2. The Hall–Kier alpha value is -3.16. The smallest absolute Gasteiger partial charge is 0.271 e. The van der Waals surface area contributed by atoms with Crippen molar-refractivity contribution < 1.29 is 9.53 Å². The number of hydrogen-bond acceptors (Lipinski definition) is 5. The third kappa shape index (κ3) is 4.37. The van der Waals surface area contributed by atoms with Crippen molar-refractivity contribution >= 4 is 39.1 Å². The number of fused-ring (bicyclic) bond motifs is 1. The van der Waals surface area contributed by atoms with E-state index in [1.807, 2.05) is 42.5 Å². The Balaban J connectivity index is 1.50. The molecule has 2 aromatic heterocycles. The number of methoxy groups -OCH3 is 1. The van der Waals surface area contributed by atoms with Crippen molar-refractivity contribution in [2.24, 2.45) is 0 Å². The molecule has 4 rings (SSSR count). The van der Waals surface area contributed by atoms with Crippen molar-refractivity contribution in [3.8, 4) is 16.2 Å². The monoisotopic (exact) mass is 439 g/mol. The van der Waals surface area contributed by atoms with Crippen molar-refractivity contribution in [1.82, 2.24) is 14.9 Å². The predicted molar refractivity (Wildman–Crippen MR) is 119 cm³/mol. The normalized spacial score (nSPS) is 10.9. The highest BCUT2D eigenvalue weighted by atomic mass is 35.5. The van der Waals surface area contributed by atoms with E-state index in [1.165, 1.54) is 22.2 Å². The molecule has 1 N–H and O–H groups in total. The van der Waals surface area contributed by atoms with Gasteiger partial charge in [0.25, 0.3) is 5.56 Å². The highest BCUT2D eigenvalue weighted by molar-refractivity contribution is 7.22. The molecule has 0 atom stereocenters. The van der Waals surface area contributed by atoms with E-state index >= 15 is 0 Å². The van der Waals surface area contributed by atoms with Crippen LogP contribution >= 0.6 is 22.9 Å². The lowest BCUT2D eigenvalue weighted by Gasteiger charge is -2.08. The number of carbonyl (C=O) groups excluding carboxylic acids is 1. The van der Waals surface area contributed by atoms with E-state index in [0.717, 1.165) is 21.8 Å². The second-order valence-corrected chi connectivity index (χ2v) is 8.13. The molecule has 0 unspecified atom stereocenters. The van der Waals surface area contributed by atoms with Crippen LogP contribution in [0.15, 0.2) is 65.7 Å². The van der Waals surface area contributed by atoms with Crippen LogP contribution in [0.25, 0.3) is 20.7 Å². The Bertz CT molecular complexity index is 1260. The number of thiophene rings is 1. The predicted octanol–water partition coefficient (Wildman–Crippen LogP) is 4.10. The first kappa shape index (κ1) is 20.1. The quantitative estimate of drug-likeness (QED) is 0.490. The van der Waals surface area contributed by atoms with Crippen LogP contribution in [0, 0.1) is 0 Å². The van der Waals surface area contributed by atoms with Crippen LogP contribution in [0.5, 0.6) is 5.75 Å². The molecule has 6 nitrogen and oxygen atoms in total. The van der Waals surface area contributed by atoms with Crippen LogP contribution < -0.4 is 15.6 Å². The molecule has 2 aromatic carbocycles. The molecule has 0 aliphatic heterocycles. The van der Waals surface area contributed by atoms with Crippen LogP contribution in [-0.4, -0.2) is 22.6 Å². The second kappa shape index (κ2) is 8.69. The standard InChI is InChI=1S/C22H18ClN3O3S/c1-29-17-4-2-3-14(9-17)11-24-20(27)12-26-13-25-18-10-19(30-21(18)22(26)28)15-5-7-16(23)8-6-15/h2-10,13H,11-12H2,1H3,(H,24,27). The second-order valence-electron chi connectivity index (χ2n) is 6.64. The van der Waals surface area contributed by atoms with Crippen molar-refractivity contribution in [2.45, 2.75) is 13.1 Å². The summed E-state index contributed by atoms with van der Waals surface area (Å²) in [7, 11) is 1.59. The number of nitrogens with zero attached hydrogens (tertiary/aromatic N) is 2. The zero-order valence-corrected chi connectivity index (χ0v) is 17.7. The highest BCUT2D eigenvalue weighted by Gasteiger charge is 2.12. The first-order chi connectivity index (χ1) is 14.5. The van der Waals surface area contributed by atoms with Gasteiger partial charge in [0.2, 0.25) is 5.91 Å². The van der Waals surface area contributed by atoms with Crippen molar-refractivity contribution in [2.75, 3.05) is 7.11 Å². The van der Waals surface area contributed by atoms with E-state index in [9.17, 15) is 9.59 Å². The minimum absolute atomic E-state index is 0.0973. The number of halogens is 1. The summed E-state index contributed by atoms with van der Waals surface area (Å²) in [5.41, 5.74) is 2.25. The van der Waals surface area contributed by atoms with Gasteiger partial charge in [0.05, 0.1) is 19.0 Å². The average Bonchev–Trinajstić information content (AvgIpc) is 3.20. The number of carbonyl (C=O) groups is 1. The average molecular weight is 440 g/mol. The summed E-state index contributed by atoms with van der Waals surface area (Å²) in [5.74, 6) is 0.456. The third-order valence-electron chi connectivity index (χ3n) is 4.57. The van der Waals surface area contributed by atoms with Gasteiger partial charge in [0, 0.05) is 16.4 Å². The molecule has 0 bridgehead atoms. The van der Waals surface area contributed by atoms with Crippen LogP contribution in [-0.2, 0) is 17.9 Å². The zero-order valence-electron chi connectivity index (χ0n) is 16.1. The van der Waals surface area contributed by atoms with E-state index in [-0.39, 0.29) is 18.0 Å². The Morgan fingerprint density at radius 2 is 2.00 bits per heavy atom. The molecule has 0 fully saturated rings.